The SMILES string of the molecule is CC(=O)Nc1ccc(SCC(=O)Nc2ccc3ccccc3c2)cc1. The predicted molar refractivity (Wildman–Crippen MR) is 104 cm³/mol. The first kappa shape index (κ1) is 17.0. The number of hydrogen-bond donors (Lipinski definition) is 2. The summed E-state index contributed by atoms with van der Waals surface area (Å²) in [5.41, 5.74) is 1.54. The average Bonchev–Trinajstić information content (AvgIpc) is 2.60. The van der Waals surface area contributed by atoms with Crippen LogP contribution in [0.1, 0.15) is 6.92 Å². The Morgan fingerprint density at radius 3 is 2.24 bits per heavy atom. The van der Waals surface area contributed by atoms with Gasteiger partial charge in [-0.25, -0.2) is 0 Å². The molecule has 0 aliphatic rings. The van der Waals surface area contributed by atoms with Crippen molar-refractivity contribution in [2.45, 2.75) is 11.8 Å². The molecule has 0 aromatic heterocycles. The molecule has 3 aromatic carbocycles. The maximum Gasteiger partial charge on any atom is 0.234 e. The molecule has 5 heteroatoms. The van der Waals surface area contributed by atoms with Crippen LogP contribution in [0.5, 0.6) is 0 Å². The molecule has 0 spiro atoms. The summed E-state index contributed by atoms with van der Waals surface area (Å²) in [4.78, 5) is 24.1. The molecule has 0 aliphatic heterocycles. The molecule has 3 aromatic rings. The average molecular weight is 350 g/mol. The van der Waals surface area contributed by atoms with Crippen molar-refractivity contribution in [1.82, 2.24) is 0 Å². The molecule has 126 valence electrons. The molecule has 0 aliphatic carbocycles. The van der Waals surface area contributed by atoms with Crippen LogP contribution in [0.15, 0.2) is 71.6 Å². The maximum atomic E-state index is 12.1. The third kappa shape index (κ3) is 4.84. The normalized spacial score (nSPS) is 10.4. The van der Waals surface area contributed by atoms with Crippen molar-refractivity contribution >= 4 is 45.7 Å². The van der Waals surface area contributed by atoms with Crippen molar-refractivity contribution < 1.29 is 9.59 Å². The lowest BCUT2D eigenvalue weighted by Gasteiger charge is -2.07. The van der Waals surface area contributed by atoms with Crippen molar-refractivity contribution in [3.05, 3.63) is 66.7 Å². The molecule has 3 rings (SSSR count). The van der Waals surface area contributed by atoms with Gasteiger partial charge in [-0.3, -0.25) is 9.59 Å². The monoisotopic (exact) mass is 350 g/mol. The van der Waals surface area contributed by atoms with Crippen LogP contribution in [0.25, 0.3) is 10.8 Å². The smallest absolute Gasteiger partial charge is 0.234 e. The number of hydrogen-bond acceptors (Lipinski definition) is 3. The molecule has 0 unspecified atom stereocenters. The fourth-order valence-electron chi connectivity index (χ4n) is 2.45. The molecule has 25 heavy (non-hydrogen) atoms. The van der Waals surface area contributed by atoms with Gasteiger partial charge < -0.3 is 10.6 Å². The Labute approximate surface area is 150 Å². The molecule has 0 atom stereocenters. The van der Waals surface area contributed by atoms with Gasteiger partial charge in [0.2, 0.25) is 11.8 Å². The molecule has 2 amide bonds. The van der Waals surface area contributed by atoms with Gasteiger partial charge in [0.05, 0.1) is 5.75 Å². The standard InChI is InChI=1S/C20H18N2O2S/c1-14(23)21-17-8-10-19(11-9-17)25-13-20(24)22-18-7-6-15-4-2-3-5-16(15)12-18/h2-12H,13H2,1H3,(H,21,23)(H,22,24). The molecule has 4 nitrogen and oxygen atoms in total. The van der Waals surface area contributed by atoms with Crippen LogP contribution in [-0.2, 0) is 9.59 Å². The van der Waals surface area contributed by atoms with Crippen LogP contribution in [-0.4, -0.2) is 17.6 Å². The van der Waals surface area contributed by atoms with E-state index in [1.165, 1.54) is 18.7 Å². The Bertz CT molecular complexity index is 907. The topological polar surface area (TPSA) is 58.2 Å². The van der Waals surface area contributed by atoms with E-state index in [1.54, 1.807) is 0 Å². The number of fused-ring (bicyclic) bond motifs is 1. The van der Waals surface area contributed by atoms with E-state index in [1.807, 2.05) is 66.7 Å². The number of amides is 2. The lowest BCUT2D eigenvalue weighted by molar-refractivity contribution is -0.114. The van der Waals surface area contributed by atoms with E-state index in [9.17, 15) is 9.59 Å². The van der Waals surface area contributed by atoms with Crippen LogP contribution in [0, 0.1) is 0 Å². The van der Waals surface area contributed by atoms with Gasteiger partial charge in [-0.15, -0.1) is 11.8 Å². The van der Waals surface area contributed by atoms with Crippen molar-refractivity contribution in [3.8, 4) is 0 Å². The van der Waals surface area contributed by atoms with E-state index in [0.717, 1.165) is 27.0 Å². The van der Waals surface area contributed by atoms with E-state index >= 15 is 0 Å². The van der Waals surface area contributed by atoms with Gasteiger partial charge in [0.1, 0.15) is 0 Å². The summed E-state index contributed by atoms with van der Waals surface area (Å²) in [5, 5.41) is 7.89. The highest BCUT2D eigenvalue weighted by atomic mass is 32.2. The van der Waals surface area contributed by atoms with Gasteiger partial charge in [-0.1, -0.05) is 30.3 Å². The molecule has 0 bridgehead atoms. The maximum absolute atomic E-state index is 12.1. The highest BCUT2D eigenvalue weighted by molar-refractivity contribution is 8.00. The first-order chi connectivity index (χ1) is 12.1. The summed E-state index contributed by atoms with van der Waals surface area (Å²) in [7, 11) is 0. The summed E-state index contributed by atoms with van der Waals surface area (Å²) in [6.07, 6.45) is 0. The van der Waals surface area contributed by atoms with E-state index in [0.29, 0.717) is 5.75 Å². The number of benzene rings is 3. The zero-order valence-electron chi connectivity index (χ0n) is 13.8. The predicted octanol–water partition coefficient (Wildman–Crippen LogP) is 4.53. The number of thioether (sulfide) groups is 1. The summed E-state index contributed by atoms with van der Waals surface area (Å²) in [6.45, 7) is 1.47. The molecular weight excluding hydrogens is 332 g/mol. The second-order valence-electron chi connectivity index (χ2n) is 5.60. The van der Waals surface area contributed by atoms with Crippen LogP contribution < -0.4 is 10.6 Å². The Morgan fingerprint density at radius 2 is 1.52 bits per heavy atom. The van der Waals surface area contributed by atoms with Gasteiger partial charge in [0, 0.05) is 23.2 Å². The minimum absolute atomic E-state index is 0.0498. The molecule has 2 N–H and O–H groups in total. The number of carbonyl (C=O) groups excluding carboxylic acids is 2. The van der Waals surface area contributed by atoms with E-state index in [2.05, 4.69) is 10.6 Å². The zero-order valence-corrected chi connectivity index (χ0v) is 14.6. The first-order valence-electron chi connectivity index (χ1n) is 7.89. The third-order valence-corrected chi connectivity index (χ3v) is 4.59. The number of carbonyl (C=O) groups is 2. The number of rotatable bonds is 5. The number of nitrogens with one attached hydrogen (secondary N) is 2. The third-order valence-electron chi connectivity index (χ3n) is 3.58. The van der Waals surface area contributed by atoms with Crippen molar-refractivity contribution in [1.29, 1.82) is 0 Å². The Morgan fingerprint density at radius 1 is 0.840 bits per heavy atom. The van der Waals surface area contributed by atoms with Gasteiger partial charge in [0.15, 0.2) is 0 Å². The van der Waals surface area contributed by atoms with E-state index < -0.39 is 0 Å². The van der Waals surface area contributed by atoms with Crippen LogP contribution in [0.4, 0.5) is 11.4 Å². The second-order valence-corrected chi connectivity index (χ2v) is 6.65. The largest absolute Gasteiger partial charge is 0.326 e. The Balaban J connectivity index is 1.55. The summed E-state index contributed by atoms with van der Waals surface area (Å²) < 4.78 is 0. The molecule has 0 radical (unpaired) electrons. The lowest BCUT2D eigenvalue weighted by Crippen LogP contribution is -2.13. The van der Waals surface area contributed by atoms with Gasteiger partial charge in [-0.2, -0.15) is 0 Å². The minimum Gasteiger partial charge on any atom is -0.326 e. The Hall–Kier alpha value is -2.79. The van der Waals surface area contributed by atoms with E-state index in [4.69, 9.17) is 0 Å². The molecule has 0 heterocycles. The van der Waals surface area contributed by atoms with Crippen LogP contribution in [0.2, 0.25) is 0 Å². The van der Waals surface area contributed by atoms with Crippen molar-refractivity contribution in [2.24, 2.45) is 0 Å². The molecular formula is C20H18N2O2S. The van der Waals surface area contributed by atoms with Crippen LogP contribution >= 0.6 is 11.8 Å². The fourth-order valence-corrected chi connectivity index (χ4v) is 3.15. The highest BCUT2D eigenvalue weighted by Crippen LogP contribution is 2.22. The fraction of sp³-hybridized carbons (Fsp3) is 0.100. The van der Waals surface area contributed by atoms with E-state index in [-0.39, 0.29) is 11.8 Å². The zero-order chi connectivity index (χ0) is 17.6. The lowest BCUT2D eigenvalue weighted by atomic mass is 10.1. The van der Waals surface area contributed by atoms with Gasteiger partial charge in [-0.05, 0) is 47.2 Å². The summed E-state index contributed by atoms with van der Waals surface area (Å²) in [5.74, 6) is 0.174. The number of anilines is 2. The molecule has 0 fully saturated rings. The minimum atomic E-state index is -0.102. The summed E-state index contributed by atoms with van der Waals surface area (Å²) >= 11 is 1.45. The van der Waals surface area contributed by atoms with Crippen molar-refractivity contribution in [3.63, 3.8) is 0 Å². The van der Waals surface area contributed by atoms with Crippen LogP contribution in [0.3, 0.4) is 0 Å². The first-order valence-corrected chi connectivity index (χ1v) is 8.88. The Kier molecular flexibility index (Phi) is 5.36. The molecule has 0 saturated heterocycles. The summed E-state index contributed by atoms with van der Waals surface area (Å²) in [6, 6.07) is 21.3. The second kappa shape index (κ2) is 7.85. The van der Waals surface area contributed by atoms with Crippen molar-refractivity contribution in [2.75, 3.05) is 16.4 Å². The van der Waals surface area contributed by atoms with Gasteiger partial charge >= 0.3 is 0 Å². The molecule has 0 saturated carbocycles. The quantitative estimate of drug-likeness (QED) is 0.665. The van der Waals surface area contributed by atoms with Gasteiger partial charge in [0.25, 0.3) is 0 Å². The highest BCUT2D eigenvalue weighted by Gasteiger charge is 2.05.